The minimum Gasteiger partial charge on any atom is -0.492 e. The topological polar surface area (TPSA) is 48.9 Å². The zero-order chi connectivity index (χ0) is 17.3. The number of aliphatic imine (C=N–C) groups is 1. The van der Waals surface area contributed by atoms with E-state index in [4.69, 9.17) is 4.74 Å². The van der Waals surface area contributed by atoms with Crippen LogP contribution in [-0.4, -0.2) is 56.7 Å². The first-order chi connectivity index (χ1) is 10.8. The van der Waals surface area contributed by atoms with Gasteiger partial charge in [-0.25, -0.2) is 0 Å². The van der Waals surface area contributed by atoms with Gasteiger partial charge in [0.05, 0.1) is 13.1 Å². The Morgan fingerprint density at radius 1 is 1.17 bits per heavy atom. The van der Waals surface area contributed by atoms with Crippen molar-refractivity contribution in [2.24, 2.45) is 4.99 Å². The van der Waals surface area contributed by atoms with Crippen LogP contribution in [0.3, 0.4) is 0 Å². The van der Waals surface area contributed by atoms with E-state index in [9.17, 15) is 0 Å². The van der Waals surface area contributed by atoms with Crippen molar-refractivity contribution < 1.29 is 4.74 Å². The maximum atomic E-state index is 5.72. The highest BCUT2D eigenvalue weighted by molar-refractivity contribution is 14.0. The minimum absolute atomic E-state index is 0. The number of likely N-dealkylation sites (N-methyl/N-ethyl adjacent to an activating group) is 1. The molecule has 0 fully saturated rings. The van der Waals surface area contributed by atoms with Gasteiger partial charge in [-0.3, -0.25) is 4.99 Å². The summed E-state index contributed by atoms with van der Waals surface area (Å²) in [5.74, 6) is 1.73. The average Bonchev–Trinajstić information content (AvgIpc) is 2.50. The van der Waals surface area contributed by atoms with Crippen molar-refractivity contribution in [3.05, 3.63) is 29.8 Å². The SMILES string of the molecule is CCNC(=NCC(C)(C)N(C)C)NCCOc1ccc(C)cc1.I. The molecule has 0 bridgehead atoms. The van der Waals surface area contributed by atoms with E-state index < -0.39 is 0 Å². The van der Waals surface area contributed by atoms with Crippen molar-refractivity contribution >= 4 is 29.9 Å². The fraction of sp³-hybridized carbons (Fsp3) is 0.611. The van der Waals surface area contributed by atoms with E-state index in [1.165, 1.54) is 5.56 Å². The number of ether oxygens (including phenoxy) is 1. The molecule has 138 valence electrons. The van der Waals surface area contributed by atoms with E-state index in [0.717, 1.165) is 24.8 Å². The number of halogens is 1. The van der Waals surface area contributed by atoms with Crippen LogP contribution in [0.2, 0.25) is 0 Å². The fourth-order valence-electron chi connectivity index (χ4n) is 1.73. The summed E-state index contributed by atoms with van der Waals surface area (Å²) in [4.78, 5) is 6.84. The predicted octanol–water partition coefficient (Wildman–Crippen LogP) is 2.89. The van der Waals surface area contributed by atoms with E-state index in [1.807, 2.05) is 12.1 Å². The molecule has 0 heterocycles. The predicted molar refractivity (Wildman–Crippen MR) is 114 cm³/mol. The van der Waals surface area contributed by atoms with Crippen LogP contribution in [0.15, 0.2) is 29.3 Å². The summed E-state index contributed by atoms with van der Waals surface area (Å²) in [5.41, 5.74) is 1.27. The maximum Gasteiger partial charge on any atom is 0.191 e. The summed E-state index contributed by atoms with van der Waals surface area (Å²) in [6.07, 6.45) is 0. The molecular weight excluding hydrogens is 415 g/mol. The van der Waals surface area contributed by atoms with Gasteiger partial charge in [-0.05, 0) is 53.9 Å². The Morgan fingerprint density at radius 3 is 2.33 bits per heavy atom. The van der Waals surface area contributed by atoms with E-state index >= 15 is 0 Å². The molecule has 0 aliphatic rings. The number of hydrogen-bond acceptors (Lipinski definition) is 3. The Kier molecular flexibility index (Phi) is 11.0. The highest BCUT2D eigenvalue weighted by atomic mass is 127. The number of hydrogen-bond donors (Lipinski definition) is 2. The number of nitrogens with one attached hydrogen (secondary N) is 2. The molecule has 0 saturated carbocycles. The van der Waals surface area contributed by atoms with Crippen molar-refractivity contribution in [3.63, 3.8) is 0 Å². The summed E-state index contributed by atoms with van der Waals surface area (Å²) in [5, 5.41) is 6.57. The Morgan fingerprint density at radius 2 is 1.79 bits per heavy atom. The van der Waals surface area contributed by atoms with Crippen molar-refractivity contribution in [3.8, 4) is 5.75 Å². The third kappa shape index (κ3) is 8.73. The lowest BCUT2D eigenvalue weighted by molar-refractivity contribution is 0.204. The monoisotopic (exact) mass is 448 g/mol. The van der Waals surface area contributed by atoms with Crippen LogP contribution >= 0.6 is 24.0 Å². The summed E-state index contributed by atoms with van der Waals surface area (Å²) in [6.45, 7) is 11.4. The summed E-state index contributed by atoms with van der Waals surface area (Å²) in [6, 6.07) is 8.09. The van der Waals surface area contributed by atoms with Gasteiger partial charge >= 0.3 is 0 Å². The molecule has 2 N–H and O–H groups in total. The van der Waals surface area contributed by atoms with Crippen molar-refractivity contribution in [2.45, 2.75) is 33.2 Å². The second kappa shape index (κ2) is 11.5. The number of benzene rings is 1. The molecule has 0 atom stereocenters. The summed E-state index contributed by atoms with van der Waals surface area (Å²) < 4.78 is 5.72. The van der Waals surface area contributed by atoms with Gasteiger partial charge in [0.15, 0.2) is 5.96 Å². The molecule has 24 heavy (non-hydrogen) atoms. The minimum atomic E-state index is 0. The Hall–Kier alpha value is -1.02. The molecule has 1 aromatic rings. The van der Waals surface area contributed by atoms with Crippen LogP contribution in [-0.2, 0) is 0 Å². The zero-order valence-electron chi connectivity index (χ0n) is 15.8. The van der Waals surface area contributed by atoms with E-state index in [1.54, 1.807) is 0 Å². The molecule has 0 saturated heterocycles. The maximum absolute atomic E-state index is 5.72. The van der Waals surface area contributed by atoms with Gasteiger partial charge in [0.2, 0.25) is 0 Å². The van der Waals surface area contributed by atoms with Gasteiger partial charge in [0.1, 0.15) is 12.4 Å². The Balaban J connectivity index is 0.00000529. The van der Waals surface area contributed by atoms with E-state index in [0.29, 0.717) is 13.2 Å². The molecule has 1 aromatic carbocycles. The number of rotatable bonds is 8. The Bertz CT molecular complexity index is 486. The Labute approximate surface area is 164 Å². The lowest BCUT2D eigenvalue weighted by atomic mass is 10.1. The molecule has 0 aliphatic carbocycles. The van der Waals surface area contributed by atoms with Gasteiger partial charge in [-0.15, -0.1) is 24.0 Å². The molecule has 0 spiro atoms. The van der Waals surface area contributed by atoms with Crippen LogP contribution in [0.5, 0.6) is 5.75 Å². The average molecular weight is 448 g/mol. The van der Waals surface area contributed by atoms with Crippen LogP contribution in [0.4, 0.5) is 0 Å². The number of guanidine groups is 1. The molecule has 0 unspecified atom stereocenters. The first kappa shape index (κ1) is 23.0. The van der Waals surface area contributed by atoms with Gasteiger partial charge in [-0.2, -0.15) is 0 Å². The van der Waals surface area contributed by atoms with Crippen LogP contribution in [0.1, 0.15) is 26.3 Å². The molecule has 0 aliphatic heterocycles. The molecular formula is C18H33IN4O. The van der Waals surface area contributed by atoms with Crippen LogP contribution in [0.25, 0.3) is 0 Å². The van der Waals surface area contributed by atoms with Gasteiger partial charge in [0.25, 0.3) is 0 Å². The third-order valence-corrected chi connectivity index (χ3v) is 3.86. The largest absolute Gasteiger partial charge is 0.492 e. The zero-order valence-corrected chi connectivity index (χ0v) is 18.2. The van der Waals surface area contributed by atoms with E-state index in [2.05, 4.69) is 74.4 Å². The number of nitrogens with zero attached hydrogens (tertiary/aromatic N) is 2. The fourth-order valence-corrected chi connectivity index (χ4v) is 1.73. The molecule has 0 amide bonds. The van der Waals surface area contributed by atoms with Gasteiger partial charge in [-0.1, -0.05) is 17.7 Å². The molecule has 0 aromatic heterocycles. The van der Waals surface area contributed by atoms with E-state index in [-0.39, 0.29) is 29.5 Å². The highest BCUT2D eigenvalue weighted by Gasteiger charge is 2.19. The molecule has 1 rings (SSSR count). The standard InChI is InChI=1S/C18H32N4O.HI/c1-7-19-17(21-14-18(3,4)22(5)6)20-12-13-23-16-10-8-15(2)9-11-16;/h8-11H,7,12-14H2,1-6H3,(H2,19,20,21);1H. The molecule has 0 radical (unpaired) electrons. The third-order valence-electron chi connectivity index (χ3n) is 3.86. The second-order valence-corrected chi connectivity index (χ2v) is 6.49. The normalized spacial score (nSPS) is 11.9. The molecule has 6 heteroatoms. The quantitative estimate of drug-likeness (QED) is 0.278. The second-order valence-electron chi connectivity index (χ2n) is 6.49. The van der Waals surface area contributed by atoms with Crippen molar-refractivity contribution in [1.82, 2.24) is 15.5 Å². The van der Waals surface area contributed by atoms with Crippen LogP contribution < -0.4 is 15.4 Å². The first-order valence-corrected chi connectivity index (χ1v) is 8.24. The highest BCUT2D eigenvalue weighted by Crippen LogP contribution is 2.11. The van der Waals surface area contributed by atoms with Crippen molar-refractivity contribution in [1.29, 1.82) is 0 Å². The van der Waals surface area contributed by atoms with Crippen LogP contribution in [0, 0.1) is 6.92 Å². The lowest BCUT2D eigenvalue weighted by Crippen LogP contribution is -2.44. The van der Waals surface area contributed by atoms with Gasteiger partial charge in [0, 0.05) is 12.1 Å². The summed E-state index contributed by atoms with van der Waals surface area (Å²) >= 11 is 0. The number of aryl methyl sites for hydroxylation is 1. The molecule has 5 nitrogen and oxygen atoms in total. The van der Waals surface area contributed by atoms with Gasteiger partial charge < -0.3 is 20.3 Å². The summed E-state index contributed by atoms with van der Waals surface area (Å²) in [7, 11) is 4.15. The van der Waals surface area contributed by atoms with Crippen molar-refractivity contribution in [2.75, 3.05) is 40.3 Å². The smallest absolute Gasteiger partial charge is 0.191 e. The lowest BCUT2D eigenvalue weighted by Gasteiger charge is -2.31. The first-order valence-electron chi connectivity index (χ1n) is 8.24.